The first kappa shape index (κ1) is 15.0. The Bertz CT molecular complexity index is 431. The highest BCUT2D eigenvalue weighted by molar-refractivity contribution is 5.69. The molecule has 0 amide bonds. The van der Waals surface area contributed by atoms with Crippen molar-refractivity contribution >= 4 is 5.97 Å². The van der Waals surface area contributed by atoms with Gasteiger partial charge in [0.15, 0.2) is 0 Å². The van der Waals surface area contributed by atoms with Crippen LogP contribution in [0.15, 0.2) is 12.5 Å². The number of carbonyl (C=O) groups excluding carboxylic acids is 1. The van der Waals surface area contributed by atoms with Crippen LogP contribution in [-0.4, -0.2) is 28.2 Å². The molecule has 0 radical (unpaired) electrons. The van der Waals surface area contributed by atoms with Gasteiger partial charge in [0.25, 0.3) is 0 Å². The normalized spacial score (nSPS) is 22.7. The quantitative estimate of drug-likeness (QED) is 0.813. The van der Waals surface area contributed by atoms with Crippen LogP contribution < -0.4 is 5.32 Å². The maximum atomic E-state index is 11.3. The van der Waals surface area contributed by atoms with Crippen molar-refractivity contribution in [3.63, 3.8) is 0 Å². The van der Waals surface area contributed by atoms with Gasteiger partial charge in [-0.1, -0.05) is 0 Å². The summed E-state index contributed by atoms with van der Waals surface area (Å²) in [5, 5.41) is 3.63. The van der Waals surface area contributed by atoms with Gasteiger partial charge in [-0.2, -0.15) is 0 Å². The summed E-state index contributed by atoms with van der Waals surface area (Å²) in [5.74, 6) is -0.112. The van der Waals surface area contributed by atoms with Crippen molar-refractivity contribution in [1.29, 1.82) is 0 Å². The van der Waals surface area contributed by atoms with E-state index in [9.17, 15) is 4.79 Å². The van der Waals surface area contributed by atoms with Gasteiger partial charge in [0, 0.05) is 31.2 Å². The van der Waals surface area contributed by atoms with Crippen LogP contribution in [0.5, 0.6) is 0 Å². The van der Waals surface area contributed by atoms with Crippen LogP contribution in [0, 0.1) is 0 Å². The van der Waals surface area contributed by atoms with E-state index in [0.717, 1.165) is 19.4 Å². The van der Waals surface area contributed by atoms with Crippen LogP contribution >= 0.6 is 0 Å². The van der Waals surface area contributed by atoms with Gasteiger partial charge < -0.3 is 14.6 Å². The van der Waals surface area contributed by atoms with Crippen molar-refractivity contribution < 1.29 is 9.53 Å². The summed E-state index contributed by atoms with van der Waals surface area (Å²) in [5.41, 5.74) is 1.24. The lowest BCUT2D eigenvalue weighted by Gasteiger charge is -2.29. The molecule has 5 heteroatoms. The number of aromatic nitrogens is 2. The highest BCUT2D eigenvalue weighted by Gasteiger charge is 2.21. The van der Waals surface area contributed by atoms with Crippen molar-refractivity contribution in [3.05, 3.63) is 18.2 Å². The van der Waals surface area contributed by atoms with Crippen molar-refractivity contribution in [3.8, 4) is 0 Å². The van der Waals surface area contributed by atoms with E-state index in [1.54, 1.807) is 0 Å². The Labute approximate surface area is 120 Å². The first-order valence-corrected chi connectivity index (χ1v) is 7.62. The second-order valence-corrected chi connectivity index (χ2v) is 5.47. The average molecular weight is 279 g/mol. The number of rotatable bonds is 6. The number of carbonyl (C=O) groups is 1. The van der Waals surface area contributed by atoms with E-state index in [4.69, 9.17) is 4.74 Å². The summed E-state index contributed by atoms with van der Waals surface area (Å²) in [7, 11) is 0. The van der Waals surface area contributed by atoms with Gasteiger partial charge in [0.2, 0.25) is 0 Å². The first-order valence-electron chi connectivity index (χ1n) is 7.62. The molecule has 0 bridgehead atoms. The molecule has 0 aromatic carbocycles. The smallest absolute Gasteiger partial charge is 0.305 e. The zero-order valence-electron chi connectivity index (χ0n) is 12.5. The third kappa shape index (κ3) is 4.07. The molecule has 2 unspecified atom stereocenters. The van der Waals surface area contributed by atoms with Crippen LogP contribution in [0.25, 0.3) is 0 Å². The fourth-order valence-corrected chi connectivity index (χ4v) is 2.81. The lowest BCUT2D eigenvalue weighted by molar-refractivity contribution is -0.143. The number of esters is 1. The molecular formula is C15H25N3O2. The largest absolute Gasteiger partial charge is 0.466 e. The lowest BCUT2D eigenvalue weighted by atomic mass is 9.97. The number of piperidine rings is 1. The van der Waals surface area contributed by atoms with E-state index in [1.165, 1.54) is 18.5 Å². The number of aryl methyl sites for hydroxylation is 1. The molecule has 1 aliphatic heterocycles. The number of ether oxygens (including phenoxy) is 1. The van der Waals surface area contributed by atoms with E-state index >= 15 is 0 Å². The fourth-order valence-electron chi connectivity index (χ4n) is 2.81. The van der Waals surface area contributed by atoms with Crippen LogP contribution in [0.3, 0.4) is 0 Å². The SMILES string of the molecule is CCOC(=O)CCCn1cncc1C1CCCC(C)N1. The minimum Gasteiger partial charge on any atom is -0.466 e. The molecule has 1 N–H and O–H groups in total. The summed E-state index contributed by atoms with van der Waals surface area (Å²) in [6.45, 7) is 5.34. The number of nitrogens with zero attached hydrogens (tertiary/aromatic N) is 2. The minimum absolute atomic E-state index is 0.112. The van der Waals surface area contributed by atoms with Crippen molar-refractivity contribution in [2.24, 2.45) is 0 Å². The topological polar surface area (TPSA) is 56.2 Å². The summed E-state index contributed by atoms with van der Waals surface area (Å²) >= 11 is 0. The number of imidazole rings is 1. The molecule has 2 rings (SSSR count). The molecule has 112 valence electrons. The second-order valence-electron chi connectivity index (χ2n) is 5.47. The Hall–Kier alpha value is -1.36. The van der Waals surface area contributed by atoms with E-state index < -0.39 is 0 Å². The molecule has 2 heterocycles. The maximum Gasteiger partial charge on any atom is 0.305 e. The predicted octanol–water partition coefficient (Wildman–Crippen LogP) is 2.43. The lowest BCUT2D eigenvalue weighted by Crippen LogP contribution is -2.35. The third-order valence-corrected chi connectivity index (χ3v) is 3.80. The Balaban J connectivity index is 1.86. The van der Waals surface area contributed by atoms with Crippen LogP contribution in [0.4, 0.5) is 0 Å². The van der Waals surface area contributed by atoms with Gasteiger partial charge in [0.1, 0.15) is 0 Å². The summed E-state index contributed by atoms with van der Waals surface area (Å²) in [6.07, 6.45) is 8.74. The molecule has 20 heavy (non-hydrogen) atoms. The molecule has 1 aliphatic rings. The van der Waals surface area contributed by atoms with Crippen LogP contribution in [0.2, 0.25) is 0 Å². The molecule has 0 saturated carbocycles. The summed E-state index contributed by atoms with van der Waals surface area (Å²) in [6, 6.07) is 0.959. The number of hydrogen-bond acceptors (Lipinski definition) is 4. The molecule has 5 nitrogen and oxygen atoms in total. The Morgan fingerprint density at radius 3 is 3.15 bits per heavy atom. The van der Waals surface area contributed by atoms with Crippen LogP contribution in [0.1, 0.15) is 57.7 Å². The standard InChI is InChI=1S/C15H25N3O2/c1-3-20-15(19)8-5-9-18-11-16-10-14(18)13-7-4-6-12(2)17-13/h10-13,17H,3-9H2,1-2H3. The zero-order valence-corrected chi connectivity index (χ0v) is 12.5. The van der Waals surface area contributed by atoms with E-state index in [2.05, 4.69) is 21.8 Å². The third-order valence-electron chi connectivity index (χ3n) is 3.80. The maximum absolute atomic E-state index is 11.3. The first-order chi connectivity index (χ1) is 9.70. The molecule has 1 fully saturated rings. The Kier molecular flexibility index (Phi) is 5.59. The van der Waals surface area contributed by atoms with Crippen molar-refractivity contribution in [2.45, 2.75) is 64.6 Å². The van der Waals surface area contributed by atoms with Crippen molar-refractivity contribution in [1.82, 2.24) is 14.9 Å². The van der Waals surface area contributed by atoms with Gasteiger partial charge >= 0.3 is 5.97 Å². The molecular weight excluding hydrogens is 254 g/mol. The van der Waals surface area contributed by atoms with Gasteiger partial charge in [-0.25, -0.2) is 4.98 Å². The highest BCUT2D eigenvalue weighted by Crippen LogP contribution is 2.25. The van der Waals surface area contributed by atoms with Gasteiger partial charge in [-0.05, 0) is 39.5 Å². The average Bonchev–Trinajstić information content (AvgIpc) is 2.87. The molecule has 1 aromatic heterocycles. The second kappa shape index (κ2) is 7.43. The molecule has 1 saturated heterocycles. The van der Waals surface area contributed by atoms with E-state index in [1.807, 2.05) is 19.4 Å². The van der Waals surface area contributed by atoms with Gasteiger partial charge in [-0.3, -0.25) is 4.79 Å². The summed E-state index contributed by atoms with van der Waals surface area (Å²) < 4.78 is 7.11. The molecule has 0 spiro atoms. The summed E-state index contributed by atoms with van der Waals surface area (Å²) in [4.78, 5) is 15.6. The van der Waals surface area contributed by atoms with Gasteiger partial charge in [0.05, 0.1) is 18.6 Å². The van der Waals surface area contributed by atoms with Gasteiger partial charge in [-0.15, -0.1) is 0 Å². The number of hydrogen-bond donors (Lipinski definition) is 1. The van der Waals surface area contributed by atoms with Crippen molar-refractivity contribution in [2.75, 3.05) is 6.61 Å². The zero-order chi connectivity index (χ0) is 14.4. The van der Waals surface area contributed by atoms with E-state index in [-0.39, 0.29) is 5.97 Å². The monoisotopic (exact) mass is 279 g/mol. The Morgan fingerprint density at radius 1 is 1.55 bits per heavy atom. The van der Waals surface area contributed by atoms with E-state index in [0.29, 0.717) is 25.1 Å². The number of nitrogens with one attached hydrogen (secondary N) is 1. The fraction of sp³-hybridized carbons (Fsp3) is 0.733. The predicted molar refractivity (Wildman–Crippen MR) is 77.3 cm³/mol. The molecule has 0 aliphatic carbocycles. The molecule has 1 aromatic rings. The Morgan fingerprint density at radius 2 is 2.40 bits per heavy atom. The highest BCUT2D eigenvalue weighted by atomic mass is 16.5. The van der Waals surface area contributed by atoms with Crippen LogP contribution in [-0.2, 0) is 16.1 Å². The molecule has 2 atom stereocenters. The minimum atomic E-state index is -0.112.